The van der Waals surface area contributed by atoms with Crippen molar-refractivity contribution in [1.82, 2.24) is 38.8 Å². The molecule has 2 N–H and O–H groups in total. The number of nitrogens with zero attached hydrogens (tertiary/aromatic N) is 8. The highest BCUT2D eigenvalue weighted by Crippen LogP contribution is 2.32. The molecule has 1 aliphatic rings. The van der Waals surface area contributed by atoms with E-state index in [2.05, 4.69) is 34.9 Å². The van der Waals surface area contributed by atoms with Gasteiger partial charge in [0.25, 0.3) is 5.56 Å². The SMILES string of the molecule is Cn1ccnc1-c1cc2cnc(Nc3ccc(N4CCNCC4)c(Cl)c3)nc2n(Cc2cnsc2-c2nccs2)c1=O. The predicted molar refractivity (Wildman–Crippen MR) is 168 cm³/mol. The number of halogens is 1. The highest BCUT2D eigenvalue weighted by molar-refractivity contribution is 7.18. The molecule has 0 aliphatic carbocycles. The molecule has 0 radical (unpaired) electrons. The van der Waals surface area contributed by atoms with E-state index in [0.29, 0.717) is 33.4 Å². The maximum Gasteiger partial charge on any atom is 0.263 e. The Bertz CT molecular complexity index is 1940. The number of benzene rings is 1. The topological polar surface area (TPSA) is 119 Å². The van der Waals surface area contributed by atoms with Crippen LogP contribution in [0.5, 0.6) is 0 Å². The van der Waals surface area contributed by atoms with Gasteiger partial charge in [0.15, 0.2) is 0 Å². The van der Waals surface area contributed by atoms with Crippen LogP contribution >= 0.6 is 34.5 Å². The minimum Gasteiger partial charge on any atom is -0.368 e. The maximum absolute atomic E-state index is 14.0. The quantitative estimate of drug-likeness (QED) is 0.265. The number of nitrogens with one attached hydrogen (secondary N) is 2. The third-order valence-corrected chi connectivity index (χ3v) is 9.22. The lowest BCUT2D eigenvalue weighted by Crippen LogP contribution is -2.43. The first kappa shape index (κ1) is 26.7. The molecule has 6 heterocycles. The molecule has 14 heteroatoms. The number of aryl methyl sites for hydroxylation is 1. The van der Waals surface area contributed by atoms with Crippen LogP contribution in [0.15, 0.2) is 65.4 Å². The fourth-order valence-corrected chi connectivity index (χ4v) is 6.90. The first-order chi connectivity index (χ1) is 20.5. The zero-order chi connectivity index (χ0) is 28.6. The monoisotopic (exact) mass is 616 g/mol. The minimum absolute atomic E-state index is 0.207. The van der Waals surface area contributed by atoms with Crippen molar-refractivity contribution in [2.45, 2.75) is 6.54 Å². The van der Waals surface area contributed by atoms with Crippen LogP contribution in [-0.4, -0.2) is 59.6 Å². The van der Waals surface area contributed by atoms with Gasteiger partial charge >= 0.3 is 0 Å². The molecule has 42 heavy (non-hydrogen) atoms. The third-order valence-electron chi connectivity index (χ3n) is 7.15. The fourth-order valence-electron chi connectivity index (χ4n) is 5.08. The summed E-state index contributed by atoms with van der Waals surface area (Å²) < 4.78 is 7.89. The Balaban J connectivity index is 1.29. The Kier molecular flexibility index (Phi) is 7.15. The van der Waals surface area contributed by atoms with Crippen molar-refractivity contribution in [1.29, 1.82) is 0 Å². The van der Waals surface area contributed by atoms with Crippen molar-refractivity contribution in [2.24, 2.45) is 7.05 Å². The van der Waals surface area contributed by atoms with E-state index in [9.17, 15) is 4.79 Å². The summed E-state index contributed by atoms with van der Waals surface area (Å²) in [7, 11) is 1.86. The van der Waals surface area contributed by atoms with Crippen molar-refractivity contribution in [3.8, 4) is 21.3 Å². The van der Waals surface area contributed by atoms with Gasteiger partial charge in [0.2, 0.25) is 5.95 Å². The second-order valence-electron chi connectivity index (χ2n) is 9.83. The van der Waals surface area contributed by atoms with Crippen LogP contribution in [-0.2, 0) is 13.6 Å². The van der Waals surface area contributed by atoms with Gasteiger partial charge in [0.1, 0.15) is 16.5 Å². The Hall–Kier alpha value is -4.17. The van der Waals surface area contributed by atoms with Gasteiger partial charge in [0, 0.05) is 86.2 Å². The van der Waals surface area contributed by atoms with Gasteiger partial charge < -0.3 is 20.1 Å². The number of hydrogen-bond donors (Lipinski definition) is 2. The van der Waals surface area contributed by atoms with E-state index < -0.39 is 0 Å². The molecule has 11 nitrogen and oxygen atoms in total. The predicted octanol–water partition coefficient (Wildman–Crippen LogP) is 4.63. The summed E-state index contributed by atoms with van der Waals surface area (Å²) in [6.45, 7) is 3.93. The smallest absolute Gasteiger partial charge is 0.263 e. The lowest BCUT2D eigenvalue weighted by atomic mass is 10.2. The van der Waals surface area contributed by atoms with Crippen LogP contribution in [0.1, 0.15) is 5.56 Å². The molecule has 0 amide bonds. The van der Waals surface area contributed by atoms with Crippen LogP contribution in [0.4, 0.5) is 17.3 Å². The van der Waals surface area contributed by atoms with Crippen molar-refractivity contribution >= 4 is 62.8 Å². The molecule has 0 bridgehead atoms. The molecule has 1 aromatic carbocycles. The van der Waals surface area contributed by atoms with Crippen molar-refractivity contribution in [3.05, 3.63) is 81.6 Å². The van der Waals surface area contributed by atoms with Gasteiger partial charge in [-0.1, -0.05) is 11.6 Å². The zero-order valence-corrected chi connectivity index (χ0v) is 24.9. The second kappa shape index (κ2) is 11.2. The largest absolute Gasteiger partial charge is 0.368 e. The Morgan fingerprint density at radius 3 is 2.74 bits per heavy atom. The first-order valence-electron chi connectivity index (χ1n) is 13.3. The van der Waals surface area contributed by atoms with Gasteiger partial charge in [0.05, 0.1) is 27.7 Å². The van der Waals surface area contributed by atoms with Crippen molar-refractivity contribution in [2.75, 3.05) is 36.4 Å². The number of anilines is 3. The molecule has 1 aliphatic heterocycles. The highest BCUT2D eigenvalue weighted by Gasteiger charge is 2.20. The molecule has 5 aromatic heterocycles. The standard InChI is InChI=1S/C28H25ClN10OS2/c1-37-8-6-31-25(37)20-12-17-14-33-28(35-19-2-3-22(21(29)13-19)38-9-4-30-5-10-38)36-24(17)39(27(20)40)16-18-15-34-42-23(18)26-32-7-11-41-26/h2-3,6-8,11-15,30H,4-5,9-10,16H2,1H3,(H,33,35,36). The molecular weight excluding hydrogens is 592 g/mol. The number of fused-ring (bicyclic) bond motifs is 1. The van der Waals surface area contributed by atoms with Gasteiger partial charge in [-0.15, -0.1) is 11.3 Å². The van der Waals surface area contributed by atoms with Crippen LogP contribution in [0.25, 0.3) is 32.3 Å². The van der Waals surface area contributed by atoms with E-state index in [4.69, 9.17) is 16.6 Å². The summed E-state index contributed by atoms with van der Waals surface area (Å²) in [6, 6.07) is 7.65. The van der Waals surface area contributed by atoms with Crippen LogP contribution < -0.4 is 21.1 Å². The lowest BCUT2D eigenvalue weighted by Gasteiger charge is -2.30. The van der Waals surface area contributed by atoms with Crippen LogP contribution in [0.3, 0.4) is 0 Å². The molecule has 212 valence electrons. The van der Waals surface area contributed by atoms with E-state index in [1.54, 1.807) is 35.4 Å². The molecule has 6 aromatic rings. The molecule has 0 atom stereocenters. The van der Waals surface area contributed by atoms with Crippen LogP contribution in [0, 0.1) is 0 Å². The second-order valence-corrected chi connectivity index (χ2v) is 11.9. The number of thiazole rings is 1. The van der Waals surface area contributed by atoms with Crippen molar-refractivity contribution < 1.29 is 0 Å². The Morgan fingerprint density at radius 1 is 1.10 bits per heavy atom. The van der Waals surface area contributed by atoms with Gasteiger partial charge in [-0.05, 0) is 35.8 Å². The molecule has 0 spiro atoms. The van der Waals surface area contributed by atoms with Gasteiger partial charge in [-0.3, -0.25) is 9.36 Å². The summed E-state index contributed by atoms with van der Waals surface area (Å²) in [5.74, 6) is 0.927. The van der Waals surface area contributed by atoms with E-state index in [-0.39, 0.29) is 12.1 Å². The summed E-state index contributed by atoms with van der Waals surface area (Å²) in [5.41, 5.74) is 3.40. The van der Waals surface area contributed by atoms with Crippen LogP contribution in [0.2, 0.25) is 5.02 Å². The number of hydrogen-bond acceptors (Lipinski definition) is 11. The maximum atomic E-state index is 14.0. The third kappa shape index (κ3) is 5.04. The average molecular weight is 617 g/mol. The number of aromatic nitrogens is 7. The molecule has 1 fully saturated rings. The zero-order valence-electron chi connectivity index (χ0n) is 22.5. The summed E-state index contributed by atoms with van der Waals surface area (Å²) >= 11 is 9.58. The molecule has 0 unspecified atom stereocenters. The summed E-state index contributed by atoms with van der Waals surface area (Å²) in [4.78, 5) is 35.5. The minimum atomic E-state index is -0.207. The van der Waals surface area contributed by atoms with E-state index in [0.717, 1.165) is 53.0 Å². The Labute approximate surface area is 253 Å². The van der Waals surface area contributed by atoms with E-state index in [1.165, 1.54) is 22.9 Å². The van der Waals surface area contributed by atoms with Gasteiger partial charge in [-0.25, -0.2) is 19.3 Å². The summed E-state index contributed by atoms with van der Waals surface area (Å²) in [5, 5.41) is 10.8. The number of rotatable bonds is 7. The molecule has 0 saturated carbocycles. The highest BCUT2D eigenvalue weighted by atomic mass is 35.5. The molecule has 7 rings (SSSR count). The normalized spacial score (nSPS) is 13.6. The molecule has 1 saturated heterocycles. The van der Waals surface area contributed by atoms with Crippen molar-refractivity contribution in [3.63, 3.8) is 0 Å². The van der Waals surface area contributed by atoms with Gasteiger partial charge in [-0.2, -0.15) is 4.98 Å². The first-order valence-corrected chi connectivity index (χ1v) is 15.3. The lowest BCUT2D eigenvalue weighted by molar-refractivity contribution is 0.589. The number of pyridine rings is 1. The fraction of sp³-hybridized carbons (Fsp3) is 0.214. The van der Waals surface area contributed by atoms with E-state index in [1.807, 2.05) is 41.4 Å². The summed E-state index contributed by atoms with van der Waals surface area (Å²) in [6.07, 6.45) is 8.76. The number of piperazine rings is 1. The average Bonchev–Trinajstić information content (AvgIpc) is 3.78. The Morgan fingerprint density at radius 2 is 1.98 bits per heavy atom. The number of imidazole rings is 1. The van der Waals surface area contributed by atoms with E-state index >= 15 is 0 Å². The molecular formula is C28H25ClN10OS2.